The van der Waals surface area contributed by atoms with Crippen molar-refractivity contribution in [2.45, 2.75) is 18.8 Å². The SMILES string of the molecule is O=C(Nc1ccccn1)N1c2nc(-c3cccc(OC(F)(F)F)c3)ccc2N2CC[C@H]1C2. The molecule has 3 aromatic rings. The average molecular weight is 441 g/mol. The number of benzene rings is 1. The van der Waals surface area contributed by atoms with Gasteiger partial charge in [0.1, 0.15) is 11.6 Å². The fraction of sp³-hybridized carbons (Fsp3) is 0.227. The Labute approximate surface area is 181 Å². The highest BCUT2D eigenvalue weighted by Gasteiger charge is 2.40. The Balaban J connectivity index is 1.50. The molecule has 1 atom stereocenters. The van der Waals surface area contributed by atoms with Crippen LogP contribution in [0.1, 0.15) is 6.42 Å². The third-order valence-electron chi connectivity index (χ3n) is 5.43. The number of rotatable bonds is 3. The van der Waals surface area contributed by atoms with Gasteiger partial charge in [-0.2, -0.15) is 0 Å². The van der Waals surface area contributed by atoms with Crippen molar-refractivity contribution >= 4 is 23.4 Å². The van der Waals surface area contributed by atoms with Gasteiger partial charge in [-0.05, 0) is 42.8 Å². The number of pyridine rings is 2. The summed E-state index contributed by atoms with van der Waals surface area (Å²) in [4.78, 5) is 25.7. The zero-order chi connectivity index (χ0) is 22.3. The third kappa shape index (κ3) is 3.91. The van der Waals surface area contributed by atoms with Crippen molar-refractivity contribution in [1.29, 1.82) is 0 Å². The van der Waals surface area contributed by atoms with Crippen LogP contribution in [0.2, 0.25) is 0 Å². The lowest BCUT2D eigenvalue weighted by Gasteiger charge is -2.35. The van der Waals surface area contributed by atoms with Gasteiger partial charge in [-0.25, -0.2) is 14.8 Å². The van der Waals surface area contributed by atoms with Crippen molar-refractivity contribution in [3.63, 3.8) is 0 Å². The van der Waals surface area contributed by atoms with E-state index in [9.17, 15) is 18.0 Å². The number of hydrogen-bond acceptors (Lipinski definition) is 5. The number of amides is 2. The fourth-order valence-corrected chi connectivity index (χ4v) is 4.09. The minimum absolute atomic E-state index is 0.0612. The maximum atomic E-state index is 13.1. The second-order valence-corrected chi connectivity index (χ2v) is 7.52. The van der Waals surface area contributed by atoms with E-state index in [1.165, 1.54) is 18.2 Å². The molecule has 0 saturated carbocycles. The van der Waals surface area contributed by atoms with Gasteiger partial charge < -0.3 is 9.64 Å². The average Bonchev–Trinajstić information content (AvgIpc) is 3.17. The van der Waals surface area contributed by atoms with Crippen molar-refractivity contribution in [2.75, 3.05) is 28.2 Å². The maximum absolute atomic E-state index is 13.1. The van der Waals surface area contributed by atoms with Gasteiger partial charge in [-0.1, -0.05) is 18.2 Å². The number of nitrogens with one attached hydrogen (secondary N) is 1. The van der Waals surface area contributed by atoms with Crippen LogP contribution >= 0.6 is 0 Å². The van der Waals surface area contributed by atoms with Crippen molar-refractivity contribution in [3.8, 4) is 17.0 Å². The van der Waals surface area contributed by atoms with E-state index < -0.39 is 6.36 Å². The molecule has 10 heteroatoms. The van der Waals surface area contributed by atoms with Crippen LogP contribution in [0.25, 0.3) is 11.3 Å². The topological polar surface area (TPSA) is 70.6 Å². The van der Waals surface area contributed by atoms with E-state index in [0.717, 1.165) is 18.7 Å². The molecule has 5 rings (SSSR count). The smallest absolute Gasteiger partial charge is 0.406 e. The molecule has 0 aliphatic carbocycles. The highest BCUT2D eigenvalue weighted by atomic mass is 19.4. The molecule has 2 bridgehead atoms. The number of fused-ring (bicyclic) bond motifs is 4. The summed E-state index contributed by atoms with van der Waals surface area (Å²) < 4.78 is 41.9. The maximum Gasteiger partial charge on any atom is 0.573 e. The number of carbonyl (C=O) groups excluding carboxylic acids is 1. The van der Waals surface area contributed by atoms with Crippen LogP contribution in [0, 0.1) is 0 Å². The van der Waals surface area contributed by atoms with E-state index in [4.69, 9.17) is 0 Å². The number of ether oxygens (including phenoxy) is 1. The molecular weight excluding hydrogens is 423 g/mol. The number of nitrogens with zero attached hydrogens (tertiary/aromatic N) is 4. The molecule has 1 saturated heterocycles. The first-order chi connectivity index (χ1) is 15.4. The van der Waals surface area contributed by atoms with Gasteiger partial charge >= 0.3 is 12.4 Å². The van der Waals surface area contributed by atoms with Crippen LogP contribution in [-0.2, 0) is 0 Å². The number of anilines is 3. The molecule has 4 heterocycles. The molecule has 1 N–H and O–H groups in total. The molecular formula is C22H18F3N5O2. The Morgan fingerprint density at radius 3 is 2.78 bits per heavy atom. The summed E-state index contributed by atoms with van der Waals surface area (Å²) in [6, 6.07) is 14.0. The fourth-order valence-electron chi connectivity index (χ4n) is 4.09. The number of urea groups is 1. The van der Waals surface area contributed by atoms with Crippen molar-refractivity contribution in [2.24, 2.45) is 0 Å². The molecule has 0 spiro atoms. The summed E-state index contributed by atoms with van der Waals surface area (Å²) in [5, 5.41) is 2.80. The van der Waals surface area contributed by atoms with E-state index in [2.05, 4.69) is 24.9 Å². The van der Waals surface area contributed by atoms with E-state index in [1.807, 2.05) is 6.07 Å². The van der Waals surface area contributed by atoms with Crippen LogP contribution in [0.4, 0.5) is 35.3 Å². The van der Waals surface area contributed by atoms with Crippen molar-refractivity contribution in [3.05, 3.63) is 60.8 Å². The lowest BCUT2D eigenvalue weighted by atomic mass is 10.1. The Morgan fingerprint density at radius 2 is 2.00 bits per heavy atom. The Kier molecular flexibility index (Phi) is 4.84. The minimum atomic E-state index is -4.78. The monoisotopic (exact) mass is 441 g/mol. The summed E-state index contributed by atoms with van der Waals surface area (Å²) in [6.45, 7) is 1.49. The molecule has 0 unspecified atom stereocenters. The molecule has 0 radical (unpaired) electrons. The lowest BCUT2D eigenvalue weighted by molar-refractivity contribution is -0.274. The minimum Gasteiger partial charge on any atom is -0.406 e. The standard InChI is InChI=1S/C22H18F3N5O2/c23-22(24,25)32-16-5-3-4-14(12-16)17-7-8-18-20(27-17)30(15-9-11-29(18)13-15)21(31)28-19-6-1-2-10-26-19/h1-8,10,12,15H,9,11,13H2,(H,26,28,31)/t15-/m0/s1. The first-order valence-corrected chi connectivity index (χ1v) is 10.0. The van der Waals surface area contributed by atoms with Gasteiger partial charge in [0, 0.05) is 24.8 Å². The zero-order valence-electron chi connectivity index (χ0n) is 16.7. The van der Waals surface area contributed by atoms with Crippen LogP contribution in [0.5, 0.6) is 5.75 Å². The van der Waals surface area contributed by atoms with E-state index in [0.29, 0.717) is 29.4 Å². The summed E-state index contributed by atoms with van der Waals surface area (Å²) in [5.41, 5.74) is 1.70. The molecule has 32 heavy (non-hydrogen) atoms. The number of carbonyl (C=O) groups is 1. The summed E-state index contributed by atoms with van der Waals surface area (Å²) >= 11 is 0. The molecule has 2 aliphatic heterocycles. The summed E-state index contributed by atoms with van der Waals surface area (Å²) in [7, 11) is 0. The molecule has 1 aromatic carbocycles. The number of halogens is 3. The lowest BCUT2D eigenvalue weighted by Crippen LogP contribution is -2.48. The second-order valence-electron chi connectivity index (χ2n) is 7.52. The molecule has 1 fully saturated rings. The van der Waals surface area contributed by atoms with E-state index in [1.54, 1.807) is 41.4 Å². The van der Waals surface area contributed by atoms with Gasteiger partial charge in [0.15, 0.2) is 5.82 Å². The van der Waals surface area contributed by atoms with Crippen molar-refractivity contribution in [1.82, 2.24) is 9.97 Å². The largest absolute Gasteiger partial charge is 0.573 e. The van der Waals surface area contributed by atoms with E-state index in [-0.39, 0.29) is 17.8 Å². The van der Waals surface area contributed by atoms with E-state index >= 15 is 0 Å². The number of hydrogen-bond donors (Lipinski definition) is 1. The van der Waals surface area contributed by atoms with Gasteiger partial charge in [0.25, 0.3) is 0 Å². The second kappa shape index (κ2) is 7.70. The van der Waals surface area contributed by atoms with Gasteiger partial charge in [-0.15, -0.1) is 13.2 Å². The first-order valence-electron chi connectivity index (χ1n) is 10.0. The quantitative estimate of drug-likeness (QED) is 0.640. The molecule has 2 amide bonds. The number of aromatic nitrogens is 2. The molecule has 2 aliphatic rings. The van der Waals surface area contributed by atoms with Crippen molar-refractivity contribution < 1.29 is 22.7 Å². The summed E-state index contributed by atoms with van der Waals surface area (Å²) in [5.74, 6) is 0.558. The highest BCUT2D eigenvalue weighted by molar-refractivity contribution is 6.04. The predicted octanol–water partition coefficient (Wildman–Crippen LogP) is 4.67. The molecule has 164 valence electrons. The first kappa shape index (κ1) is 20.1. The van der Waals surface area contributed by atoms with Crippen LogP contribution in [0.3, 0.4) is 0 Å². The van der Waals surface area contributed by atoms with Gasteiger partial charge in [-0.3, -0.25) is 10.2 Å². The number of alkyl halides is 3. The normalized spacial score (nSPS) is 17.2. The third-order valence-corrected chi connectivity index (χ3v) is 5.43. The Bertz CT molecular complexity index is 1160. The highest BCUT2D eigenvalue weighted by Crippen LogP contribution is 2.40. The van der Waals surface area contributed by atoms with Crippen LogP contribution in [0.15, 0.2) is 60.8 Å². The zero-order valence-corrected chi connectivity index (χ0v) is 16.7. The Morgan fingerprint density at radius 1 is 1.12 bits per heavy atom. The molecule has 2 aromatic heterocycles. The molecule has 7 nitrogen and oxygen atoms in total. The summed E-state index contributed by atoms with van der Waals surface area (Å²) in [6.07, 6.45) is -2.41. The van der Waals surface area contributed by atoms with Crippen LogP contribution < -0.4 is 19.9 Å². The predicted molar refractivity (Wildman–Crippen MR) is 113 cm³/mol. The van der Waals surface area contributed by atoms with Crippen LogP contribution in [-0.4, -0.2) is 41.5 Å². The van der Waals surface area contributed by atoms with Gasteiger partial charge in [0.2, 0.25) is 0 Å². The Hall–Kier alpha value is -3.82. The van der Waals surface area contributed by atoms with Gasteiger partial charge in [0.05, 0.1) is 17.4 Å².